The first kappa shape index (κ1) is 11.0. The minimum Gasteiger partial charge on any atom is -0.493 e. The number of benzene rings is 1. The molecule has 0 radical (unpaired) electrons. The van der Waals surface area contributed by atoms with Gasteiger partial charge in [0, 0.05) is 4.47 Å². The molecule has 2 unspecified atom stereocenters. The maximum absolute atomic E-state index is 5.75. The molecule has 2 rings (SSSR count). The summed E-state index contributed by atoms with van der Waals surface area (Å²) < 4.78 is 6.75. The largest absolute Gasteiger partial charge is 0.493 e. The van der Waals surface area contributed by atoms with Crippen molar-refractivity contribution in [3.05, 3.63) is 28.2 Å². The van der Waals surface area contributed by atoms with Crippen molar-refractivity contribution in [3.8, 4) is 5.75 Å². The van der Waals surface area contributed by atoms with Crippen LogP contribution in [0.15, 0.2) is 22.7 Å². The summed E-state index contributed by atoms with van der Waals surface area (Å²) in [6, 6.07) is 6.22. The van der Waals surface area contributed by atoms with Crippen LogP contribution in [0.25, 0.3) is 0 Å². The second-order valence-electron chi connectivity index (χ2n) is 4.14. The van der Waals surface area contributed by atoms with Crippen LogP contribution < -0.4 is 10.5 Å². The average molecular weight is 270 g/mol. The Morgan fingerprint density at radius 2 is 2.40 bits per heavy atom. The molecule has 0 aliphatic carbocycles. The standard InChI is InChI=1S/C12H16BrNO/c1-8(7-14)10-4-5-15-12-3-2-9(13)6-11(10)12/h2-3,6,8,10H,4-5,7,14H2,1H3. The van der Waals surface area contributed by atoms with Crippen LogP contribution in [0.5, 0.6) is 5.75 Å². The molecule has 1 aliphatic rings. The highest BCUT2D eigenvalue weighted by Gasteiger charge is 2.25. The molecular weight excluding hydrogens is 254 g/mol. The van der Waals surface area contributed by atoms with Gasteiger partial charge in [-0.05, 0) is 48.6 Å². The Labute approximate surface area is 98.9 Å². The van der Waals surface area contributed by atoms with Gasteiger partial charge in [-0.15, -0.1) is 0 Å². The maximum Gasteiger partial charge on any atom is 0.122 e. The van der Waals surface area contributed by atoms with Crippen molar-refractivity contribution in [3.63, 3.8) is 0 Å². The van der Waals surface area contributed by atoms with Gasteiger partial charge in [-0.2, -0.15) is 0 Å². The molecule has 1 aliphatic heterocycles. The Hall–Kier alpha value is -0.540. The van der Waals surface area contributed by atoms with Crippen molar-refractivity contribution in [2.45, 2.75) is 19.3 Å². The summed E-state index contributed by atoms with van der Waals surface area (Å²) in [5.41, 5.74) is 7.05. The van der Waals surface area contributed by atoms with Crippen LogP contribution in [0.1, 0.15) is 24.8 Å². The fourth-order valence-electron chi connectivity index (χ4n) is 2.15. The van der Waals surface area contributed by atoms with E-state index in [1.54, 1.807) is 0 Å². The molecule has 82 valence electrons. The molecule has 1 aromatic rings. The van der Waals surface area contributed by atoms with Crippen LogP contribution in [-0.2, 0) is 0 Å². The van der Waals surface area contributed by atoms with Crippen molar-refractivity contribution in [2.24, 2.45) is 11.7 Å². The van der Waals surface area contributed by atoms with Crippen LogP contribution >= 0.6 is 15.9 Å². The van der Waals surface area contributed by atoms with Gasteiger partial charge in [0.15, 0.2) is 0 Å². The molecule has 0 bridgehead atoms. The summed E-state index contributed by atoms with van der Waals surface area (Å²) in [6.45, 7) is 3.75. The molecule has 1 heterocycles. The molecular formula is C12H16BrNO. The fraction of sp³-hybridized carbons (Fsp3) is 0.500. The molecule has 2 atom stereocenters. The van der Waals surface area contributed by atoms with E-state index in [1.807, 2.05) is 12.1 Å². The molecule has 15 heavy (non-hydrogen) atoms. The topological polar surface area (TPSA) is 35.2 Å². The number of hydrogen-bond acceptors (Lipinski definition) is 2. The van der Waals surface area contributed by atoms with Gasteiger partial charge in [-0.25, -0.2) is 0 Å². The number of rotatable bonds is 2. The Balaban J connectivity index is 2.36. The lowest BCUT2D eigenvalue weighted by molar-refractivity contribution is 0.244. The maximum atomic E-state index is 5.75. The predicted molar refractivity (Wildman–Crippen MR) is 65.2 cm³/mol. The highest BCUT2D eigenvalue weighted by atomic mass is 79.9. The number of hydrogen-bond donors (Lipinski definition) is 1. The van der Waals surface area contributed by atoms with Crippen LogP contribution in [0.3, 0.4) is 0 Å². The second kappa shape index (κ2) is 4.54. The van der Waals surface area contributed by atoms with Gasteiger partial charge < -0.3 is 10.5 Å². The summed E-state index contributed by atoms with van der Waals surface area (Å²) in [6.07, 6.45) is 1.07. The Bertz CT molecular complexity index is 353. The highest BCUT2D eigenvalue weighted by Crippen LogP contribution is 2.39. The second-order valence-corrected chi connectivity index (χ2v) is 5.05. The SMILES string of the molecule is CC(CN)C1CCOc2ccc(Br)cc21. The first-order valence-electron chi connectivity index (χ1n) is 5.34. The first-order chi connectivity index (χ1) is 7.22. The van der Waals surface area contributed by atoms with Gasteiger partial charge in [0.25, 0.3) is 0 Å². The molecule has 0 saturated heterocycles. The van der Waals surface area contributed by atoms with Crippen molar-refractivity contribution < 1.29 is 4.74 Å². The van der Waals surface area contributed by atoms with Gasteiger partial charge in [0.1, 0.15) is 5.75 Å². The number of halogens is 1. The van der Waals surface area contributed by atoms with Gasteiger partial charge in [0.2, 0.25) is 0 Å². The third-order valence-electron chi connectivity index (χ3n) is 3.12. The van der Waals surface area contributed by atoms with E-state index in [0.29, 0.717) is 11.8 Å². The molecule has 0 spiro atoms. The van der Waals surface area contributed by atoms with E-state index < -0.39 is 0 Å². The smallest absolute Gasteiger partial charge is 0.122 e. The number of nitrogens with two attached hydrogens (primary N) is 1. The molecule has 2 nitrogen and oxygen atoms in total. The van der Waals surface area contributed by atoms with Crippen LogP contribution in [0.4, 0.5) is 0 Å². The molecule has 0 saturated carbocycles. The predicted octanol–water partition coefficient (Wildman–Crippen LogP) is 2.91. The summed E-state index contributed by atoms with van der Waals surface area (Å²) in [5.74, 6) is 2.08. The minimum absolute atomic E-state index is 0.516. The molecule has 0 amide bonds. The van der Waals surface area contributed by atoms with E-state index in [1.165, 1.54) is 5.56 Å². The first-order valence-corrected chi connectivity index (χ1v) is 6.14. The zero-order chi connectivity index (χ0) is 10.8. The number of fused-ring (bicyclic) bond motifs is 1. The van der Waals surface area contributed by atoms with E-state index >= 15 is 0 Å². The normalized spacial score (nSPS) is 21.7. The molecule has 2 N–H and O–H groups in total. The van der Waals surface area contributed by atoms with Crippen molar-refractivity contribution in [1.29, 1.82) is 0 Å². The lowest BCUT2D eigenvalue weighted by Crippen LogP contribution is -2.24. The van der Waals surface area contributed by atoms with Gasteiger partial charge >= 0.3 is 0 Å². The summed E-state index contributed by atoms with van der Waals surface area (Å²) in [4.78, 5) is 0. The molecule has 1 aromatic carbocycles. The van der Waals surface area contributed by atoms with Gasteiger partial charge in [0.05, 0.1) is 6.61 Å². The third kappa shape index (κ3) is 2.18. The van der Waals surface area contributed by atoms with Crippen molar-refractivity contribution in [2.75, 3.05) is 13.2 Å². The van der Waals surface area contributed by atoms with Crippen LogP contribution in [0.2, 0.25) is 0 Å². The summed E-state index contributed by atoms with van der Waals surface area (Å²) in [7, 11) is 0. The lowest BCUT2D eigenvalue weighted by Gasteiger charge is -2.30. The quantitative estimate of drug-likeness (QED) is 0.896. The molecule has 0 aromatic heterocycles. The van der Waals surface area contributed by atoms with Crippen molar-refractivity contribution >= 4 is 15.9 Å². The summed E-state index contributed by atoms with van der Waals surface area (Å²) >= 11 is 3.50. The van der Waals surface area contributed by atoms with E-state index in [9.17, 15) is 0 Å². The Kier molecular flexibility index (Phi) is 3.32. The zero-order valence-corrected chi connectivity index (χ0v) is 10.5. The van der Waals surface area contributed by atoms with E-state index in [4.69, 9.17) is 10.5 Å². The van der Waals surface area contributed by atoms with E-state index in [2.05, 4.69) is 28.9 Å². The zero-order valence-electron chi connectivity index (χ0n) is 8.87. The fourth-order valence-corrected chi connectivity index (χ4v) is 2.53. The molecule has 3 heteroatoms. The van der Waals surface area contributed by atoms with Gasteiger partial charge in [-0.1, -0.05) is 22.9 Å². The van der Waals surface area contributed by atoms with Crippen LogP contribution in [0, 0.1) is 5.92 Å². The Morgan fingerprint density at radius 3 is 3.13 bits per heavy atom. The lowest BCUT2D eigenvalue weighted by atomic mass is 9.83. The monoisotopic (exact) mass is 269 g/mol. The van der Waals surface area contributed by atoms with Crippen LogP contribution in [-0.4, -0.2) is 13.2 Å². The average Bonchev–Trinajstić information content (AvgIpc) is 2.27. The van der Waals surface area contributed by atoms with E-state index in [0.717, 1.165) is 29.8 Å². The third-order valence-corrected chi connectivity index (χ3v) is 3.61. The highest BCUT2D eigenvalue weighted by molar-refractivity contribution is 9.10. The van der Waals surface area contributed by atoms with E-state index in [-0.39, 0.29) is 0 Å². The van der Waals surface area contributed by atoms with Gasteiger partial charge in [-0.3, -0.25) is 0 Å². The Morgan fingerprint density at radius 1 is 1.60 bits per heavy atom. The summed E-state index contributed by atoms with van der Waals surface area (Å²) in [5, 5.41) is 0. The molecule has 0 fully saturated rings. The number of ether oxygens (including phenoxy) is 1. The minimum atomic E-state index is 0.516. The van der Waals surface area contributed by atoms with Crippen molar-refractivity contribution in [1.82, 2.24) is 0 Å².